The van der Waals surface area contributed by atoms with Gasteiger partial charge >= 0.3 is 0 Å². The molecule has 0 aromatic heterocycles. The molecule has 102 valence electrons. The van der Waals surface area contributed by atoms with Crippen LogP contribution in [0.2, 0.25) is 0 Å². The van der Waals surface area contributed by atoms with E-state index in [0.29, 0.717) is 0 Å². The molecule has 2 rings (SSSR count). The number of hydrogen-bond acceptors (Lipinski definition) is 6. The van der Waals surface area contributed by atoms with E-state index in [9.17, 15) is 17.6 Å². The van der Waals surface area contributed by atoms with E-state index in [1.165, 1.54) is 6.07 Å². The average molecular weight is 304 g/mol. The summed E-state index contributed by atoms with van der Waals surface area (Å²) < 4.78 is 40.1. The first kappa shape index (κ1) is 13.8. The summed E-state index contributed by atoms with van der Waals surface area (Å²) in [7, 11) is -3.97. The molecule has 0 aliphatic carbocycles. The number of carbonyl (C=O) groups is 1. The highest BCUT2D eigenvalue weighted by atomic mass is 32.2. The highest BCUT2D eigenvalue weighted by molar-refractivity contribution is 8.15. The van der Waals surface area contributed by atoms with E-state index in [-0.39, 0.29) is 21.5 Å². The summed E-state index contributed by atoms with van der Waals surface area (Å²) in [5, 5.41) is 2.74. The van der Waals surface area contributed by atoms with Gasteiger partial charge in [-0.15, -0.1) is 4.40 Å². The number of anilines is 1. The zero-order valence-corrected chi connectivity index (χ0v) is 11.0. The van der Waals surface area contributed by atoms with E-state index in [4.69, 9.17) is 5.84 Å². The maximum absolute atomic E-state index is 13.0. The van der Waals surface area contributed by atoms with E-state index >= 15 is 0 Å². The largest absolute Gasteiger partial charge is 0.333 e. The number of hydrazine groups is 1. The van der Waals surface area contributed by atoms with Crippen LogP contribution in [0.3, 0.4) is 0 Å². The molecule has 0 saturated carbocycles. The third-order valence-corrected chi connectivity index (χ3v) is 4.47. The molecule has 1 heterocycles. The highest BCUT2D eigenvalue weighted by Crippen LogP contribution is 2.29. The minimum absolute atomic E-state index is 0.0303. The lowest BCUT2D eigenvalue weighted by Crippen LogP contribution is -2.32. The van der Waals surface area contributed by atoms with Crippen molar-refractivity contribution in [2.75, 3.05) is 11.1 Å². The fourth-order valence-electron chi connectivity index (χ4n) is 1.35. The number of hydrogen-bond donors (Lipinski definition) is 3. The van der Waals surface area contributed by atoms with Crippen LogP contribution in [-0.2, 0) is 14.8 Å². The highest BCUT2D eigenvalue weighted by Gasteiger charge is 2.25. The van der Waals surface area contributed by atoms with Crippen LogP contribution in [-0.4, -0.2) is 25.2 Å². The maximum Gasteiger partial charge on any atom is 0.286 e. The van der Waals surface area contributed by atoms with Gasteiger partial charge in [0.25, 0.3) is 10.0 Å². The maximum atomic E-state index is 13.0. The molecule has 19 heavy (non-hydrogen) atoms. The number of nitrogens with two attached hydrogens (primary N) is 1. The number of rotatable bonds is 2. The Kier molecular flexibility index (Phi) is 3.73. The van der Waals surface area contributed by atoms with Crippen molar-refractivity contribution in [3.05, 3.63) is 24.0 Å². The van der Waals surface area contributed by atoms with E-state index in [1.54, 1.807) is 0 Å². The number of halogens is 1. The summed E-state index contributed by atoms with van der Waals surface area (Å²) in [6, 6.07) is 3.30. The van der Waals surface area contributed by atoms with Crippen LogP contribution in [0.1, 0.15) is 0 Å². The van der Waals surface area contributed by atoms with Crippen molar-refractivity contribution in [2.45, 2.75) is 4.90 Å². The number of benzene rings is 1. The molecule has 1 aromatic carbocycles. The molecule has 0 fully saturated rings. The summed E-state index contributed by atoms with van der Waals surface area (Å²) in [6.07, 6.45) is 0. The fourth-order valence-corrected chi connectivity index (χ4v) is 3.41. The van der Waals surface area contributed by atoms with Crippen LogP contribution < -0.4 is 16.6 Å². The van der Waals surface area contributed by atoms with Crippen molar-refractivity contribution in [1.82, 2.24) is 5.43 Å². The summed E-state index contributed by atoms with van der Waals surface area (Å²) >= 11 is 0.874. The summed E-state index contributed by atoms with van der Waals surface area (Å²) in [6.45, 7) is 0. The topological polar surface area (TPSA) is 114 Å². The first-order valence-corrected chi connectivity index (χ1v) is 7.39. The van der Waals surface area contributed by atoms with Crippen molar-refractivity contribution in [2.24, 2.45) is 10.2 Å². The first-order valence-electron chi connectivity index (χ1n) is 4.96. The van der Waals surface area contributed by atoms with Crippen LogP contribution in [0.15, 0.2) is 27.5 Å². The Morgan fingerprint density at radius 1 is 1.53 bits per heavy atom. The number of fused-ring (bicyclic) bond motifs is 1. The molecular weight excluding hydrogens is 295 g/mol. The zero-order valence-electron chi connectivity index (χ0n) is 9.38. The van der Waals surface area contributed by atoms with E-state index in [1.807, 2.05) is 5.43 Å². The van der Waals surface area contributed by atoms with Gasteiger partial charge in [0.1, 0.15) is 10.7 Å². The molecule has 0 bridgehead atoms. The van der Waals surface area contributed by atoms with Crippen molar-refractivity contribution >= 4 is 38.5 Å². The molecule has 1 aliphatic rings. The van der Waals surface area contributed by atoms with Crippen molar-refractivity contribution < 1.29 is 17.6 Å². The molecular formula is C9H9FN4O3S2. The second kappa shape index (κ2) is 5.15. The Hall–Kier alpha value is -1.65. The van der Waals surface area contributed by atoms with E-state index < -0.39 is 21.7 Å². The molecule has 0 radical (unpaired) electrons. The number of nitrogens with one attached hydrogen (secondary N) is 2. The number of sulfonamides is 1. The van der Waals surface area contributed by atoms with Crippen molar-refractivity contribution in [3.8, 4) is 0 Å². The summed E-state index contributed by atoms with van der Waals surface area (Å²) in [4.78, 5) is 10.7. The van der Waals surface area contributed by atoms with E-state index in [2.05, 4.69) is 9.71 Å². The predicted octanol–water partition coefficient (Wildman–Crippen LogP) is 0.0190. The molecule has 7 nitrogen and oxygen atoms in total. The van der Waals surface area contributed by atoms with Crippen LogP contribution >= 0.6 is 11.8 Å². The Morgan fingerprint density at radius 2 is 2.26 bits per heavy atom. The second-order valence-electron chi connectivity index (χ2n) is 3.49. The SMILES string of the molecule is NNC(=O)CSC1=NS(=O)(=O)c2cc(F)ccc2N1. The van der Waals surface area contributed by atoms with Gasteiger partial charge in [-0.25, -0.2) is 10.2 Å². The average Bonchev–Trinajstić information content (AvgIpc) is 2.36. The first-order chi connectivity index (χ1) is 8.92. The fraction of sp³-hybridized carbons (Fsp3) is 0.111. The normalized spacial score (nSPS) is 16.0. The lowest BCUT2D eigenvalue weighted by Gasteiger charge is -2.17. The molecule has 0 saturated heterocycles. The molecule has 0 spiro atoms. The van der Waals surface area contributed by atoms with Crippen LogP contribution in [0, 0.1) is 5.82 Å². The Balaban J connectivity index is 2.27. The third-order valence-electron chi connectivity index (χ3n) is 2.17. The number of amides is 1. The third kappa shape index (κ3) is 3.03. The summed E-state index contributed by atoms with van der Waals surface area (Å²) in [5.41, 5.74) is 2.13. The number of amidine groups is 1. The quantitative estimate of drug-likeness (QED) is 0.403. The van der Waals surface area contributed by atoms with Gasteiger partial charge in [-0.3, -0.25) is 10.2 Å². The van der Waals surface area contributed by atoms with Crippen LogP contribution in [0.4, 0.5) is 10.1 Å². The van der Waals surface area contributed by atoms with Gasteiger partial charge < -0.3 is 5.32 Å². The molecule has 0 atom stereocenters. The second-order valence-corrected chi connectivity index (χ2v) is 6.03. The molecule has 1 aromatic rings. The van der Waals surface area contributed by atoms with Crippen molar-refractivity contribution in [3.63, 3.8) is 0 Å². The smallest absolute Gasteiger partial charge is 0.286 e. The lowest BCUT2D eigenvalue weighted by molar-refractivity contribution is -0.118. The van der Waals surface area contributed by atoms with Gasteiger partial charge in [0.2, 0.25) is 5.91 Å². The Morgan fingerprint density at radius 3 is 2.95 bits per heavy atom. The molecule has 1 aliphatic heterocycles. The number of carbonyl (C=O) groups excluding carboxylic acids is 1. The van der Waals surface area contributed by atoms with Gasteiger partial charge in [-0.1, -0.05) is 11.8 Å². The minimum atomic E-state index is -3.97. The van der Waals surface area contributed by atoms with E-state index in [0.717, 1.165) is 23.9 Å². The minimum Gasteiger partial charge on any atom is -0.333 e. The lowest BCUT2D eigenvalue weighted by atomic mass is 10.3. The molecule has 4 N–H and O–H groups in total. The van der Waals surface area contributed by atoms with Gasteiger partial charge in [-0.05, 0) is 18.2 Å². The summed E-state index contributed by atoms with van der Waals surface area (Å²) in [5.74, 6) is 3.67. The Bertz CT molecular complexity index is 659. The van der Waals surface area contributed by atoms with Gasteiger partial charge in [0.05, 0.1) is 11.4 Å². The van der Waals surface area contributed by atoms with Crippen LogP contribution in [0.25, 0.3) is 0 Å². The Labute approximate surface area is 112 Å². The van der Waals surface area contributed by atoms with Crippen LogP contribution in [0.5, 0.6) is 0 Å². The molecule has 10 heteroatoms. The predicted molar refractivity (Wildman–Crippen MR) is 69.4 cm³/mol. The number of thioether (sulfide) groups is 1. The monoisotopic (exact) mass is 304 g/mol. The van der Waals surface area contributed by atoms with Crippen molar-refractivity contribution in [1.29, 1.82) is 0 Å². The number of nitrogens with zero attached hydrogens (tertiary/aromatic N) is 1. The standard InChI is InChI=1S/C9H9FN4O3S2/c10-5-1-2-6-7(3-5)19(16,17)14-9(12-6)18-4-8(15)13-11/h1-3H,4,11H2,(H,12,14)(H,13,15). The van der Waals surface area contributed by atoms with Gasteiger partial charge in [-0.2, -0.15) is 8.42 Å². The van der Waals surface area contributed by atoms with Gasteiger partial charge in [0.15, 0.2) is 5.17 Å². The molecule has 1 amide bonds. The molecule has 0 unspecified atom stereocenters. The zero-order chi connectivity index (χ0) is 14.0. The van der Waals surface area contributed by atoms with Gasteiger partial charge in [0, 0.05) is 0 Å².